The maximum atomic E-state index is 14.4. The van der Waals surface area contributed by atoms with Crippen LogP contribution in [0, 0.1) is 0 Å². The van der Waals surface area contributed by atoms with E-state index < -0.39 is 5.54 Å². The van der Waals surface area contributed by atoms with Gasteiger partial charge >= 0.3 is 0 Å². The van der Waals surface area contributed by atoms with Crippen LogP contribution in [0.15, 0.2) is 83.5 Å². The topological polar surface area (TPSA) is 82.4 Å². The zero-order chi connectivity index (χ0) is 29.7. The van der Waals surface area contributed by atoms with Crippen LogP contribution in [0.2, 0.25) is 0 Å². The standard InChI is InChI=1S/C34H38N2O6/c1-34(25-12-7-6-8-13-25,33(37)35-32-14-10-18-42-32)36-17-9-11-24-21-30(40-4)31(41-5)22-26(24)27(36)19-23-15-16-28(38-2)29(20-23)39-3/h6-8,10,12-16,18,20-22,27H,9,11,17,19H2,1-5H3,(H,35,37). The molecule has 0 spiro atoms. The molecule has 1 aliphatic rings. The largest absolute Gasteiger partial charge is 0.493 e. The number of rotatable bonds is 10. The van der Waals surface area contributed by atoms with Crippen molar-refractivity contribution < 1.29 is 28.2 Å². The lowest BCUT2D eigenvalue weighted by Crippen LogP contribution is -2.54. The third-order valence-electron chi connectivity index (χ3n) is 8.21. The first-order valence-electron chi connectivity index (χ1n) is 14.1. The zero-order valence-corrected chi connectivity index (χ0v) is 24.8. The molecule has 1 aliphatic heterocycles. The number of anilines is 1. The molecule has 0 fully saturated rings. The van der Waals surface area contributed by atoms with Crippen LogP contribution in [-0.4, -0.2) is 45.8 Å². The summed E-state index contributed by atoms with van der Waals surface area (Å²) in [5.74, 6) is 2.89. The SMILES string of the molecule is COc1ccc(CC2c3cc(OC)c(OC)cc3CCCN2C(C)(C(=O)Nc2ccco2)c2ccccc2)cc1OC. The average Bonchev–Trinajstić information content (AvgIpc) is 3.48. The molecule has 2 heterocycles. The number of aryl methyl sites for hydroxylation is 1. The Labute approximate surface area is 247 Å². The number of furan rings is 1. The van der Waals surface area contributed by atoms with Crippen LogP contribution < -0.4 is 24.3 Å². The Morgan fingerprint density at radius 1 is 0.881 bits per heavy atom. The summed E-state index contributed by atoms with van der Waals surface area (Å²) in [7, 11) is 6.56. The smallest absolute Gasteiger partial charge is 0.251 e. The molecule has 0 saturated carbocycles. The van der Waals surface area contributed by atoms with E-state index in [2.05, 4.69) is 22.3 Å². The van der Waals surface area contributed by atoms with Crippen LogP contribution in [0.5, 0.6) is 23.0 Å². The minimum atomic E-state index is -1.05. The average molecular weight is 571 g/mol. The van der Waals surface area contributed by atoms with Crippen molar-refractivity contribution in [1.82, 2.24) is 4.90 Å². The molecule has 5 rings (SSSR count). The molecule has 1 aromatic heterocycles. The van der Waals surface area contributed by atoms with E-state index in [1.165, 1.54) is 5.56 Å². The number of carbonyl (C=O) groups is 1. The van der Waals surface area contributed by atoms with Crippen LogP contribution in [0.25, 0.3) is 0 Å². The Kier molecular flexibility index (Phi) is 8.73. The van der Waals surface area contributed by atoms with Gasteiger partial charge in [-0.25, -0.2) is 0 Å². The van der Waals surface area contributed by atoms with Crippen molar-refractivity contribution in [1.29, 1.82) is 0 Å². The van der Waals surface area contributed by atoms with Gasteiger partial charge in [-0.1, -0.05) is 36.4 Å². The van der Waals surface area contributed by atoms with Gasteiger partial charge in [0.15, 0.2) is 28.9 Å². The summed E-state index contributed by atoms with van der Waals surface area (Å²) in [5, 5.41) is 3.03. The summed E-state index contributed by atoms with van der Waals surface area (Å²) in [6, 6.07) is 23.3. The number of hydrogen-bond donors (Lipinski definition) is 1. The van der Waals surface area contributed by atoms with Gasteiger partial charge in [0, 0.05) is 18.7 Å². The lowest BCUT2D eigenvalue weighted by molar-refractivity contribution is -0.130. The molecule has 8 nitrogen and oxygen atoms in total. The number of benzene rings is 3. The van der Waals surface area contributed by atoms with E-state index in [4.69, 9.17) is 23.4 Å². The van der Waals surface area contributed by atoms with Crippen molar-refractivity contribution in [2.24, 2.45) is 0 Å². The third-order valence-corrected chi connectivity index (χ3v) is 8.21. The highest BCUT2D eigenvalue weighted by Crippen LogP contribution is 2.45. The van der Waals surface area contributed by atoms with E-state index in [0.29, 0.717) is 41.8 Å². The molecule has 1 N–H and O–H groups in total. The molecule has 2 atom stereocenters. The molecule has 0 saturated heterocycles. The van der Waals surface area contributed by atoms with E-state index >= 15 is 0 Å². The quantitative estimate of drug-likeness (QED) is 0.236. The van der Waals surface area contributed by atoms with Crippen molar-refractivity contribution in [3.8, 4) is 23.0 Å². The van der Waals surface area contributed by atoms with Crippen LogP contribution >= 0.6 is 0 Å². The van der Waals surface area contributed by atoms with Crippen LogP contribution in [0.1, 0.15) is 41.6 Å². The van der Waals surface area contributed by atoms with E-state index in [1.807, 2.05) is 55.5 Å². The summed E-state index contributed by atoms with van der Waals surface area (Å²) < 4.78 is 28.1. The fourth-order valence-corrected chi connectivity index (χ4v) is 5.99. The molecule has 4 aromatic rings. The van der Waals surface area contributed by atoms with Gasteiger partial charge in [0.1, 0.15) is 5.54 Å². The first kappa shape index (κ1) is 29.1. The van der Waals surface area contributed by atoms with Crippen LogP contribution in [0.4, 0.5) is 5.88 Å². The number of amides is 1. The highest BCUT2D eigenvalue weighted by atomic mass is 16.5. The zero-order valence-electron chi connectivity index (χ0n) is 24.8. The second-order valence-electron chi connectivity index (χ2n) is 10.5. The number of methoxy groups -OCH3 is 4. The lowest BCUT2D eigenvalue weighted by Gasteiger charge is -2.45. The summed E-state index contributed by atoms with van der Waals surface area (Å²) in [6.07, 6.45) is 3.84. The predicted molar refractivity (Wildman–Crippen MR) is 162 cm³/mol. The predicted octanol–water partition coefficient (Wildman–Crippen LogP) is 6.40. The number of carbonyl (C=O) groups excluding carboxylic acids is 1. The number of nitrogens with one attached hydrogen (secondary N) is 1. The molecule has 2 unspecified atom stereocenters. The van der Waals surface area contributed by atoms with Gasteiger partial charge < -0.3 is 23.4 Å². The van der Waals surface area contributed by atoms with E-state index in [0.717, 1.165) is 29.5 Å². The molecule has 220 valence electrons. The van der Waals surface area contributed by atoms with Crippen molar-refractivity contribution in [2.45, 2.75) is 37.8 Å². The van der Waals surface area contributed by atoms with Crippen molar-refractivity contribution in [3.63, 3.8) is 0 Å². The number of fused-ring (bicyclic) bond motifs is 1. The molecule has 8 heteroatoms. The molecule has 0 radical (unpaired) electrons. The Hall–Kier alpha value is -4.43. The maximum Gasteiger partial charge on any atom is 0.251 e. The Morgan fingerprint density at radius 2 is 1.57 bits per heavy atom. The normalized spacial score (nSPS) is 16.5. The van der Waals surface area contributed by atoms with Crippen molar-refractivity contribution in [3.05, 3.63) is 101 Å². The molecule has 0 bridgehead atoms. The summed E-state index contributed by atoms with van der Waals surface area (Å²) in [6.45, 7) is 2.67. The van der Waals surface area contributed by atoms with Crippen LogP contribution in [-0.2, 0) is 23.2 Å². The fraction of sp³-hybridized carbons (Fsp3) is 0.324. The first-order chi connectivity index (χ1) is 20.4. The maximum absolute atomic E-state index is 14.4. The molecule has 1 amide bonds. The van der Waals surface area contributed by atoms with Gasteiger partial charge in [0.05, 0.1) is 34.7 Å². The molecular formula is C34H38N2O6. The monoisotopic (exact) mass is 570 g/mol. The van der Waals surface area contributed by atoms with Gasteiger partial charge in [0.25, 0.3) is 5.91 Å². The number of ether oxygens (including phenoxy) is 4. The van der Waals surface area contributed by atoms with E-state index in [1.54, 1.807) is 46.8 Å². The van der Waals surface area contributed by atoms with Gasteiger partial charge in [-0.3, -0.25) is 15.0 Å². The number of hydrogen-bond acceptors (Lipinski definition) is 7. The lowest BCUT2D eigenvalue weighted by atomic mass is 9.84. The van der Waals surface area contributed by atoms with Crippen molar-refractivity contribution in [2.75, 3.05) is 40.3 Å². The Balaban J connectivity index is 1.69. The van der Waals surface area contributed by atoms with Crippen LogP contribution in [0.3, 0.4) is 0 Å². The second-order valence-corrected chi connectivity index (χ2v) is 10.5. The fourth-order valence-electron chi connectivity index (χ4n) is 5.99. The minimum Gasteiger partial charge on any atom is -0.493 e. The van der Waals surface area contributed by atoms with E-state index in [-0.39, 0.29) is 11.9 Å². The number of nitrogens with zero attached hydrogens (tertiary/aromatic N) is 1. The Morgan fingerprint density at radius 3 is 2.24 bits per heavy atom. The first-order valence-corrected chi connectivity index (χ1v) is 14.1. The highest BCUT2D eigenvalue weighted by molar-refractivity contribution is 5.97. The highest BCUT2D eigenvalue weighted by Gasteiger charge is 2.46. The van der Waals surface area contributed by atoms with Gasteiger partial charge in [-0.05, 0) is 78.8 Å². The van der Waals surface area contributed by atoms with E-state index in [9.17, 15) is 4.79 Å². The molecule has 42 heavy (non-hydrogen) atoms. The van der Waals surface area contributed by atoms with Gasteiger partial charge in [0.2, 0.25) is 0 Å². The van der Waals surface area contributed by atoms with Crippen molar-refractivity contribution >= 4 is 11.8 Å². The molecule has 0 aliphatic carbocycles. The summed E-state index contributed by atoms with van der Waals surface area (Å²) >= 11 is 0. The van der Waals surface area contributed by atoms with Gasteiger partial charge in [-0.15, -0.1) is 0 Å². The third kappa shape index (κ3) is 5.54. The summed E-state index contributed by atoms with van der Waals surface area (Å²) in [4.78, 5) is 16.7. The minimum absolute atomic E-state index is 0.176. The Bertz CT molecular complexity index is 1500. The molecular weight excluding hydrogens is 532 g/mol. The van der Waals surface area contributed by atoms with Gasteiger partial charge in [-0.2, -0.15) is 0 Å². The second kappa shape index (κ2) is 12.6. The molecule has 3 aromatic carbocycles. The summed E-state index contributed by atoms with van der Waals surface area (Å²) in [5.41, 5.74) is 3.14.